The third kappa shape index (κ3) is 6.70. The Hall–Kier alpha value is -4.07. The molecule has 1 aliphatic rings. The number of rotatable bonds is 10. The van der Waals surface area contributed by atoms with Crippen LogP contribution in [0.15, 0.2) is 71.3 Å². The summed E-state index contributed by atoms with van der Waals surface area (Å²) in [7, 11) is 0. The van der Waals surface area contributed by atoms with Gasteiger partial charge in [-0.1, -0.05) is 18.2 Å². The van der Waals surface area contributed by atoms with Crippen molar-refractivity contribution in [2.24, 2.45) is 5.92 Å². The lowest BCUT2D eigenvalue weighted by Gasteiger charge is -2.10. The van der Waals surface area contributed by atoms with E-state index in [1.807, 2.05) is 6.07 Å². The first-order chi connectivity index (χ1) is 16.1. The van der Waals surface area contributed by atoms with Gasteiger partial charge in [0.1, 0.15) is 11.5 Å². The van der Waals surface area contributed by atoms with Crippen molar-refractivity contribution in [1.29, 1.82) is 0 Å². The van der Waals surface area contributed by atoms with Gasteiger partial charge >= 0.3 is 0 Å². The highest BCUT2D eigenvalue weighted by molar-refractivity contribution is 5.94. The standard InChI is InChI=1S/C25H25N3O5/c29-23(16-33-21-7-2-6-20(13-21)28-25(31)18-9-10-18)26-14-17-4-1-5-19(12-17)24(30)27-15-22-8-3-11-32-22/h1-8,11-13,18H,9-10,14-16H2,(H,26,29)(H,27,30)(H,28,31). The van der Waals surface area contributed by atoms with Gasteiger partial charge in [0.25, 0.3) is 11.8 Å². The molecule has 3 aromatic rings. The molecule has 3 N–H and O–H groups in total. The predicted octanol–water partition coefficient (Wildman–Crippen LogP) is 3.25. The molecule has 0 spiro atoms. The van der Waals surface area contributed by atoms with Crippen molar-refractivity contribution < 1.29 is 23.5 Å². The maximum absolute atomic E-state index is 12.3. The largest absolute Gasteiger partial charge is 0.484 e. The van der Waals surface area contributed by atoms with E-state index < -0.39 is 0 Å². The molecule has 1 saturated carbocycles. The number of carbonyl (C=O) groups excluding carboxylic acids is 3. The number of hydrogen-bond donors (Lipinski definition) is 3. The number of nitrogens with one attached hydrogen (secondary N) is 3. The Kier molecular flexibility index (Phi) is 7.04. The predicted molar refractivity (Wildman–Crippen MR) is 121 cm³/mol. The van der Waals surface area contributed by atoms with Crippen LogP contribution in [0.4, 0.5) is 5.69 Å². The number of hydrogen-bond acceptors (Lipinski definition) is 5. The molecule has 1 heterocycles. The van der Waals surface area contributed by atoms with Crippen molar-refractivity contribution in [1.82, 2.24) is 10.6 Å². The Labute approximate surface area is 191 Å². The van der Waals surface area contributed by atoms with Gasteiger partial charge in [0, 0.05) is 29.8 Å². The van der Waals surface area contributed by atoms with Gasteiger partial charge in [0.2, 0.25) is 5.91 Å². The summed E-state index contributed by atoms with van der Waals surface area (Å²) in [5.41, 5.74) is 1.93. The SMILES string of the molecule is O=C(COc1cccc(NC(=O)C2CC2)c1)NCc1cccc(C(=O)NCc2ccco2)c1. The van der Waals surface area contributed by atoms with Crippen molar-refractivity contribution >= 4 is 23.4 Å². The Morgan fingerprint density at radius 3 is 2.58 bits per heavy atom. The molecule has 0 radical (unpaired) electrons. The van der Waals surface area contributed by atoms with Gasteiger partial charge in [-0.3, -0.25) is 14.4 Å². The van der Waals surface area contributed by atoms with Gasteiger partial charge in [0.15, 0.2) is 6.61 Å². The second kappa shape index (κ2) is 10.5. The lowest BCUT2D eigenvalue weighted by Crippen LogP contribution is -2.28. The van der Waals surface area contributed by atoms with Gasteiger partial charge in [-0.25, -0.2) is 0 Å². The Balaban J connectivity index is 1.22. The van der Waals surface area contributed by atoms with Crippen LogP contribution in [0.3, 0.4) is 0 Å². The van der Waals surface area contributed by atoms with E-state index >= 15 is 0 Å². The fourth-order valence-corrected chi connectivity index (χ4v) is 3.16. The van der Waals surface area contributed by atoms with Crippen molar-refractivity contribution in [3.05, 3.63) is 83.8 Å². The summed E-state index contributed by atoms with van der Waals surface area (Å²) in [6, 6.07) is 17.5. The third-order valence-electron chi connectivity index (χ3n) is 5.10. The van der Waals surface area contributed by atoms with Crippen LogP contribution >= 0.6 is 0 Å². The second-order valence-electron chi connectivity index (χ2n) is 7.82. The second-order valence-corrected chi connectivity index (χ2v) is 7.82. The molecular formula is C25H25N3O5. The quantitative estimate of drug-likeness (QED) is 0.442. The molecule has 1 aromatic heterocycles. The fraction of sp³-hybridized carbons (Fsp3) is 0.240. The first kappa shape index (κ1) is 22.1. The molecule has 1 aliphatic carbocycles. The van der Waals surface area contributed by atoms with Gasteiger partial charge < -0.3 is 25.1 Å². The summed E-state index contributed by atoms with van der Waals surface area (Å²) in [6.07, 6.45) is 3.42. The zero-order valence-corrected chi connectivity index (χ0v) is 18.0. The Bertz CT molecular complexity index is 1120. The molecule has 33 heavy (non-hydrogen) atoms. The van der Waals surface area contributed by atoms with Crippen molar-refractivity contribution in [3.8, 4) is 5.75 Å². The molecule has 0 atom stereocenters. The minimum atomic E-state index is -0.296. The van der Waals surface area contributed by atoms with Gasteiger partial charge in [0.05, 0.1) is 12.8 Å². The van der Waals surface area contributed by atoms with Crippen molar-refractivity contribution in [2.75, 3.05) is 11.9 Å². The zero-order chi connectivity index (χ0) is 23.0. The Morgan fingerprint density at radius 2 is 1.79 bits per heavy atom. The molecular weight excluding hydrogens is 422 g/mol. The molecule has 1 fully saturated rings. The molecule has 3 amide bonds. The first-order valence-corrected chi connectivity index (χ1v) is 10.8. The van der Waals surface area contributed by atoms with E-state index in [1.54, 1.807) is 60.9 Å². The number of anilines is 1. The van der Waals surface area contributed by atoms with Crippen LogP contribution in [0.25, 0.3) is 0 Å². The number of benzene rings is 2. The number of ether oxygens (including phenoxy) is 1. The summed E-state index contributed by atoms with van der Waals surface area (Å²) in [6.45, 7) is 0.401. The maximum Gasteiger partial charge on any atom is 0.258 e. The highest BCUT2D eigenvalue weighted by Crippen LogP contribution is 2.30. The summed E-state index contributed by atoms with van der Waals surface area (Å²) in [5.74, 6) is 0.769. The molecule has 8 heteroatoms. The minimum Gasteiger partial charge on any atom is -0.484 e. The van der Waals surface area contributed by atoms with Crippen LogP contribution in [-0.4, -0.2) is 24.3 Å². The molecule has 0 bridgehead atoms. The minimum absolute atomic E-state index is 0.0155. The van der Waals surface area contributed by atoms with Crippen LogP contribution in [0.1, 0.15) is 34.5 Å². The van der Waals surface area contributed by atoms with Crippen LogP contribution in [0, 0.1) is 5.92 Å². The van der Waals surface area contributed by atoms with E-state index in [9.17, 15) is 14.4 Å². The summed E-state index contributed by atoms with van der Waals surface area (Å²) >= 11 is 0. The molecule has 2 aromatic carbocycles. The average molecular weight is 447 g/mol. The van der Waals surface area contributed by atoms with Crippen molar-refractivity contribution in [2.45, 2.75) is 25.9 Å². The fourth-order valence-electron chi connectivity index (χ4n) is 3.16. The third-order valence-corrected chi connectivity index (χ3v) is 5.10. The van der Waals surface area contributed by atoms with Crippen LogP contribution in [0.2, 0.25) is 0 Å². The highest BCUT2D eigenvalue weighted by atomic mass is 16.5. The lowest BCUT2D eigenvalue weighted by molar-refractivity contribution is -0.123. The number of carbonyl (C=O) groups is 3. The lowest BCUT2D eigenvalue weighted by atomic mass is 10.1. The number of amides is 3. The van der Waals surface area contributed by atoms with Crippen LogP contribution in [0.5, 0.6) is 5.75 Å². The van der Waals surface area contributed by atoms with Crippen LogP contribution in [-0.2, 0) is 22.7 Å². The molecule has 4 rings (SSSR count). The summed E-state index contributed by atoms with van der Waals surface area (Å²) < 4.78 is 10.8. The highest BCUT2D eigenvalue weighted by Gasteiger charge is 2.29. The van der Waals surface area contributed by atoms with E-state index in [4.69, 9.17) is 9.15 Å². The molecule has 0 saturated heterocycles. The number of furan rings is 1. The topological polar surface area (TPSA) is 110 Å². The van der Waals surface area contributed by atoms with Gasteiger partial charge in [-0.05, 0) is 54.8 Å². The Morgan fingerprint density at radius 1 is 0.939 bits per heavy atom. The smallest absolute Gasteiger partial charge is 0.258 e. The average Bonchev–Trinajstić information content (AvgIpc) is 3.56. The van der Waals surface area contributed by atoms with E-state index in [-0.39, 0.29) is 36.8 Å². The maximum atomic E-state index is 12.3. The van der Waals surface area contributed by atoms with E-state index in [0.29, 0.717) is 29.3 Å². The van der Waals surface area contributed by atoms with E-state index in [2.05, 4.69) is 16.0 Å². The summed E-state index contributed by atoms with van der Waals surface area (Å²) in [5, 5.41) is 8.42. The zero-order valence-electron chi connectivity index (χ0n) is 18.0. The molecule has 8 nitrogen and oxygen atoms in total. The van der Waals surface area contributed by atoms with Gasteiger partial charge in [-0.15, -0.1) is 0 Å². The molecule has 170 valence electrons. The van der Waals surface area contributed by atoms with E-state index in [0.717, 1.165) is 18.4 Å². The van der Waals surface area contributed by atoms with Gasteiger partial charge in [-0.2, -0.15) is 0 Å². The molecule has 0 unspecified atom stereocenters. The first-order valence-electron chi connectivity index (χ1n) is 10.8. The molecule has 0 aliphatic heterocycles. The normalized spacial score (nSPS) is 12.6. The summed E-state index contributed by atoms with van der Waals surface area (Å²) in [4.78, 5) is 36.4. The van der Waals surface area contributed by atoms with E-state index in [1.165, 1.54) is 0 Å². The van der Waals surface area contributed by atoms with Crippen LogP contribution < -0.4 is 20.7 Å². The van der Waals surface area contributed by atoms with Crippen molar-refractivity contribution in [3.63, 3.8) is 0 Å². The monoisotopic (exact) mass is 447 g/mol.